The summed E-state index contributed by atoms with van der Waals surface area (Å²) < 4.78 is 5.14. The van der Waals surface area contributed by atoms with E-state index in [-0.39, 0.29) is 11.9 Å². The summed E-state index contributed by atoms with van der Waals surface area (Å²) >= 11 is 5.98. The summed E-state index contributed by atoms with van der Waals surface area (Å²) in [6, 6.07) is 4.10. The summed E-state index contributed by atoms with van der Waals surface area (Å²) in [6.07, 6.45) is 10.2. The topological polar surface area (TPSA) is 115 Å². The van der Waals surface area contributed by atoms with Crippen molar-refractivity contribution in [3.05, 3.63) is 35.3 Å². The third-order valence-electron chi connectivity index (χ3n) is 6.70. The molecule has 1 aromatic rings. The van der Waals surface area contributed by atoms with Crippen molar-refractivity contribution in [3.8, 4) is 0 Å². The van der Waals surface area contributed by atoms with Crippen LogP contribution in [0.3, 0.4) is 0 Å². The van der Waals surface area contributed by atoms with E-state index >= 15 is 0 Å². The highest BCUT2D eigenvalue weighted by Gasteiger charge is 2.39. The number of anilines is 1. The zero-order valence-electron chi connectivity index (χ0n) is 20.0. The average molecular weight is 501 g/mol. The lowest BCUT2D eigenvalue weighted by Gasteiger charge is -2.34. The van der Waals surface area contributed by atoms with Crippen LogP contribution in [0.2, 0.25) is 5.15 Å². The molecule has 0 spiro atoms. The van der Waals surface area contributed by atoms with Gasteiger partial charge >= 0.3 is 0 Å². The molecule has 1 amide bonds. The largest absolute Gasteiger partial charge is 0.383 e. The fourth-order valence-electron chi connectivity index (χ4n) is 4.68. The van der Waals surface area contributed by atoms with Gasteiger partial charge in [-0.05, 0) is 50.7 Å². The lowest BCUT2D eigenvalue weighted by Crippen LogP contribution is -2.57. The van der Waals surface area contributed by atoms with E-state index < -0.39 is 6.04 Å². The summed E-state index contributed by atoms with van der Waals surface area (Å²) in [5.74, 6) is 1.37. The van der Waals surface area contributed by atoms with E-state index in [2.05, 4.69) is 31.4 Å². The minimum absolute atomic E-state index is 0.159. The number of fused-ring (bicyclic) bond motifs is 1. The SMILES string of the molecule is COCCNC1CCC(N=C2C=C(NC3CC3)C3=NCC(C(=O)Nc4ccnc(Cl)c4)N3N2)CC1. The first-order chi connectivity index (χ1) is 17.1. The molecule has 3 heterocycles. The molecule has 1 atom stereocenters. The molecule has 0 saturated heterocycles. The molecule has 1 unspecified atom stereocenters. The maximum absolute atomic E-state index is 13.1. The summed E-state index contributed by atoms with van der Waals surface area (Å²) in [7, 11) is 1.73. The molecular formula is C24H33ClN8O2. The Labute approximate surface area is 210 Å². The van der Waals surface area contributed by atoms with E-state index in [1.165, 1.54) is 0 Å². The molecule has 0 aromatic carbocycles. The summed E-state index contributed by atoms with van der Waals surface area (Å²) in [5, 5.41) is 12.2. The van der Waals surface area contributed by atoms with Crippen LogP contribution in [0.15, 0.2) is 40.1 Å². The van der Waals surface area contributed by atoms with Gasteiger partial charge in [-0.15, -0.1) is 0 Å². The number of rotatable bonds is 9. The van der Waals surface area contributed by atoms with Crippen molar-refractivity contribution in [2.24, 2.45) is 9.98 Å². The van der Waals surface area contributed by atoms with Gasteiger partial charge in [0.05, 0.1) is 24.9 Å². The van der Waals surface area contributed by atoms with Crippen LogP contribution in [0.4, 0.5) is 5.69 Å². The highest BCUT2D eigenvalue weighted by atomic mass is 35.5. The lowest BCUT2D eigenvalue weighted by molar-refractivity contribution is -0.119. The fourth-order valence-corrected chi connectivity index (χ4v) is 4.85. The molecule has 10 nitrogen and oxygen atoms in total. The number of ether oxygens (including phenoxy) is 1. The number of amides is 1. The van der Waals surface area contributed by atoms with Crippen LogP contribution in [-0.2, 0) is 9.53 Å². The number of halogens is 1. The van der Waals surface area contributed by atoms with Gasteiger partial charge in [0.2, 0.25) is 0 Å². The molecule has 0 radical (unpaired) electrons. The Morgan fingerprint density at radius 1 is 1.26 bits per heavy atom. The second-order valence-electron chi connectivity index (χ2n) is 9.46. The van der Waals surface area contributed by atoms with E-state index in [0.717, 1.165) is 69.0 Å². The van der Waals surface area contributed by atoms with Crippen LogP contribution in [-0.4, -0.2) is 78.5 Å². The van der Waals surface area contributed by atoms with Crippen LogP contribution >= 0.6 is 11.6 Å². The second kappa shape index (κ2) is 10.9. The standard InChI is InChI=1S/C24H33ClN8O2/c1-35-11-10-26-15-2-4-17(5-3-15)30-22-13-19(29-16-6-7-16)23-28-14-20(33(23)32-22)24(34)31-18-8-9-27-21(25)12-18/h8-9,12-13,15-17,20,26,29H,2-7,10-11,14H2,1H3,(H,30,32)(H,27,31,34). The molecule has 2 aliphatic carbocycles. The number of hydrogen-bond donors (Lipinski definition) is 4. The molecule has 4 N–H and O–H groups in total. The van der Waals surface area contributed by atoms with Gasteiger partial charge in [-0.25, -0.2) is 4.98 Å². The van der Waals surface area contributed by atoms with E-state index in [1.807, 2.05) is 11.1 Å². The molecule has 188 valence electrons. The number of methoxy groups -OCH3 is 1. The first-order valence-corrected chi connectivity index (χ1v) is 12.8. The van der Waals surface area contributed by atoms with Crippen molar-refractivity contribution >= 4 is 34.9 Å². The minimum Gasteiger partial charge on any atom is -0.383 e. The molecule has 2 aliphatic heterocycles. The predicted octanol–water partition coefficient (Wildman–Crippen LogP) is 1.86. The molecular weight excluding hydrogens is 468 g/mol. The van der Waals surface area contributed by atoms with Crippen molar-refractivity contribution in [2.75, 3.05) is 32.1 Å². The minimum atomic E-state index is -0.493. The Morgan fingerprint density at radius 3 is 2.80 bits per heavy atom. The Kier molecular flexibility index (Phi) is 7.50. The van der Waals surface area contributed by atoms with Gasteiger partial charge in [0.25, 0.3) is 5.91 Å². The van der Waals surface area contributed by atoms with Gasteiger partial charge in [0, 0.05) is 43.7 Å². The number of carbonyl (C=O) groups is 1. The number of amidine groups is 2. The highest BCUT2D eigenvalue weighted by molar-refractivity contribution is 6.29. The first kappa shape index (κ1) is 24.0. The number of nitrogens with one attached hydrogen (secondary N) is 4. The number of nitrogens with zero attached hydrogens (tertiary/aromatic N) is 4. The number of pyridine rings is 1. The van der Waals surface area contributed by atoms with Crippen molar-refractivity contribution < 1.29 is 9.53 Å². The van der Waals surface area contributed by atoms with Gasteiger partial charge in [0.1, 0.15) is 11.0 Å². The third kappa shape index (κ3) is 6.12. The summed E-state index contributed by atoms with van der Waals surface area (Å²) in [6.45, 7) is 1.98. The number of carbonyl (C=O) groups excluding carboxylic acids is 1. The predicted molar refractivity (Wildman–Crippen MR) is 137 cm³/mol. The van der Waals surface area contributed by atoms with Crippen LogP contribution in [0.25, 0.3) is 0 Å². The summed E-state index contributed by atoms with van der Waals surface area (Å²) in [5.41, 5.74) is 4.91. The third-order valence-corrected chi connectivity index (χ3v) is 6.91. The van der Waals surface area contributed by atoms with Gasteiger partial charge < -0.3 is 20.7 Å². The molecule has 5 rings (SSSR count). The number of hydrazine groups is 1. The molecule has 2 saturated carbocycles. The van der Waals surface area contributed by atoms with Gasteiger partial charge in [-0.1, -0.05) is 11.6 Å². The maximum atomic E-state index is 13.1. The van der Waals surface area contributed by atoms with Gasteiger partial charge in [-0.3, -0.25) is 25.2 Å². The molecule has 2 fully saturated rings. The lowest BCUT2D eigenvalue weighted by atomic mass is 9.91. The highest BCUT2D eigenvalue weighted by Crippen LogP contribution is 2.26. The van der Waals surface area contributed by atoms with Crippen molar-refractivity contribution in [3.63, 3.8) is 0 Å². The van der Waals surface area contributed by atoms with Crippen LogP contribution in [0.5, 0.6) is 0 Å². The van der Waals surface area contributed by atoms with E-state index in [9.17, 15) is 4.79 Å². The zero-order valence-corrected chi connectivity index (χ0v) is 20.7. The summed E-state index contributed by atoms with van der Waals surface area (Å²) in [4.78, 5) is 26.8. The van der Waals surface area contributed by atoms with Crippen molar-refractivity contribution in [1.29, 1.82) is 0 Å². The van der Waals surface area contributed by atoms with Crippen LogP contribution in [0.1, 0.15) is 38.5 Å². The quantitative estimate of drug-likeness (QED) is 0.302. The molecule has 1 aromatic heterocycles. The smallest absolute Gasteiger partial charge is 0.251 e. The normalized spacial score (nSPS) is 27.1. The zero-order chi connectivity index (χ0) is 24.2. The Morgan fingerprint density at radius 2 is 2.06 bits per heavy atom. The van der Waals surface area contributed by atoms with Crippen molar-refractivity contribution in [2.45, 2.75) is 62.7 Å². The van der Waals surface area contributed by atoms with Gasteiger partial charge in [-0.2, -0.15) is 0 Å². The number of aromatic nitrogens is 1. The fraction of sp³-hybridized carbons (Fsp3) is 0.583. The van der Waals surface area contributed by atoms with E-state index in [4.69, 9.17) is 21.3 Å². The van der Waals surface area contributed by atoms with Crippen LogP contribution in [0, 0.1) is 0 Å². The molecule has 4 aliphatic rings. The van der Waals surface area contributed by atoms with Crippen LogP contribution < -0.4 is 21.4 Å². The maximum Gasteiger partial charge on any atom is 0.251 e. The molecule has 0 bridgehead atoms. The van der Waals surface area contributed by atoms with E-state index in [0.29, 0.717) is 29.5 Å². The van der Waals surface area contributed by atoms with Crippen molar-refractivity contribution in [1.82, 2.24) is 26.1 Å². The molecule has 11 heteroatoms. The van der Waals surface area contributed by atoms with E-state index in [1.54, 1.807) is 25.4 Å². The monoisotopic (exact) mass is 500 g/mol. The second-order valence-corrected chi connectivity index (χ2v) is 9.85. The Bertz CT molecular complexity index is 1020. The Hall–Kier alpha value is -2.69. The molecule has 35 heavy (non-hydrogen) atoms. The Balaban J connectivity index is 1.26. The number of hydrogen-bond acceptors (Lipinski definition) is 8. The average Bonchev–Trinajstić information content (AvgIpc) is 3.55. The van der Waals surface area contributed by atoms with Gasteiger partial charge in [0.15, 0.2) is 11.9 Å². The number of aliphatic imine (C=N–C) groups is 2. The first-order valence-electron chi connectivity index (χ1n) is 12.4.